The summed E-state index contributed by atoms with van der Waals surface area (Å²) in [4.78, 5) is 14.0. The number of benzene rings is 2. The van der Waals surface area contributed by atoms with Crippen molar-refractivity contribution in [1.29, 1.82) is 0 Å². The van der Waals surface area contributed by atoms with Gasteiger partial charge in [-0.15, -0.1) is 0 Å². The minimum atomic E-state index is -2.04. The number of Topliss-reactive ketones (excluding diaryl/α,β-unsaturated/α-hetero) is 1. The first-order valence-electron chi connectivity index (χ1n) is 11.2. The Bertz CT molecular complexity index is 1270. The minimum Gasteiger partial charge on any atom is -0.508 e. The Hall–Kier alpha value is -3.27. The number of phenols is 2. The number of fused-ring (bicyclic) bond motifs is 6. The first-order chi connectivity index (χ1) is 16.3. The van der Waals surface area contributed by atoms with E-state index in [9.17, 15) is 20.1 Å². The highest BCUT2D eigenvalue weighted by atomic mass is 16.7. The number of phenolic OH excluding ortho intramolecular Hbond substituents is 2. The normalized spacial score (nSPS) is 25.9. The fraction of sp³-hybridized carbons (Fsp3) is 0.423. The number of methoxy groups -OCH3 is 2. The lowest BCUT2D eigenvalue weighted by Crippen LogP contribution is -2.42. The van der Waals surface area contributed by atoms with Crippen LogP contribution in [0.1, 0.15) is 60.8 Å². The second-order valence-corrected chi connectivity index (χ2v) is 10.0. The van der Waals surface area contributed by atoms with E-state index in [-0.39, 0.29) is 34.1 Å². The molecular weight excluding hydrogens is 456 g/mol. The second-order valence-electron chi connectivity index (χ2n) is 10.0. The highest BCUT2D eigenvalue weighted by Crippen LogP contribution is 2.60. The van der Waals surface area contributed by atoms with Crippen LogP contribution in [0.5, 0.6) is 28.7 Å². The van der Waals surface area contributed by atoms with Gasteiger partial charge in [0.1, 0.15) is 46.0 Å². The molecule has 0 aliphatic carbocycles. The molecule has 0 radical (unpaired) electrons. The molecule has 9 heteroatoms. The van der Waals surface area contributed by atoms with E-state index in [0.29, 0.717) is 16.9 Å². The maximum absolute atomic E-state index is 14.0. The Kier molecular flexibility index (Phi) is 4.94. The van der Waals surface area contributed by atoms with Gasteiger partial charge in [0, 0.05) is 20.3 Å². The summed E-state index contributed by atoms with van der Waals surface area (Å²) in [5.41, 5.74) is -0.903. The van der Waals surface area contributed by atoms with Crippen LogP contribution in [0.15, 0.2) is 24.3 Å². The molecule has 0 bridgehead atoms. The maximum atomic E-state index is 14.0. The molecule has 0 aromatic heterocycles. The molecule has 2 aromatic rings. The van der Waals surface area contributed by atoms with E-state index in [0.717, 1.165) is 6.07 Å². The first kappa shape index (κ1) is 23.5. The highest BCUT2D eigenvalue weighted by molar-refractivity contribution is 6.11. The van der Waals surface area contributed by atoms with Crippen molar-refractivity contribution >= 4 is 11.9 Å². The van der Waals surface area contributed by atoms with Crippen LogP contribution in [0.2, 0.25) is 0 Å². The molecule has 0 unspecified atom stereocenters. The summed E-state index contributed by atoms with van der Waals surface area (Å²) in [5, 5.41) is 31.2. The van der Waals surface area contributed by atoms with Crippen LogP contribution in [0, 0.1) is 0 Å². The zero-order valence-corrected chi connectivity index (χ0v) is 20.3. The molecule has 3 aliphatic heterocycles. The van der Waals surface area contributed by atoms with Crippen molar-refractivity contribution in [3.05, 3.63) is 46.5 Å². The summed E-state index contributed by atoms with van der Waals surface area (Å²) in [6.07, 6.45) is 2.06. The Balaban J connectivity index is 1.80. The highest BCUT2D eigenvalue weighted by Gasteiger charge is 2.58. The van der Waals surface area contributed by atoms with E-state index in [4.69, 9.17) is 23.7 Å². The fourth-order valence-electron chi connectivity index (χ4n) is 4.93. The van der Waals surface area contributed by atoms with Gasteiger partial charge in [0.15, 0.2) is 6.10 Å². The van der Waals surface area contributed by atoms with E-state index in [1.807, 2.05) is 19.9 Å². The summed E-state index contributed by atoms with van der Waals surface area (Å²) in [6, 6.07) is 3.78. The van der Waals surface area contributed by atoms with Gasteiger partial charge in [-0.3, -0.25) is 4.79 Å². The number of hydrogen-bond acceptors (Lipinski definition) is 9. The van der Waals surface area contributed by atoms with E-state index in [1.54, 1.807) is 19.9 Å². The maximum Gasteiger partial charge on any atom is 0.306 e. The molecule has 0 saturated carbocycles. The molecule has 35 heavy (non-hydrogen) atoms. The van der Waals surface area contributed by atoms with Crippen molar-refractivity contribution in [1.82, 2.24) is 0 Å². The van der Waals surface area contributed by atoms with Gasteiger partial charge in [0.2, 0.25) is 5.78 Å². The monoisotopic (exact) mass is 484 g/mol. The van der Waals surface area contributed by atoms with E-state index < -0.39 is 35.0 Å². The average molecular weight is 485 g/mol. The summed E-state index contributed by atoms with van der Waals surface area (Å²) >= 11 is 0. The Morgan fingerprint density at radius 1 is 1.06 bits per heavy atom. The molecule has 5 rings (SSSR count). The third kappa shape index (κ3) is 3.22. The van der Waals surface area contributed by atoms with Crippen LogP contribution in [0.25, 0.3) is 6.08 Å². The summed E-state index contributed by atoms with van der Waals surface area (Å²) in [7, 11) is 2.79. The molecule has 3 N–H and O–H groups in total. The lowest BCUT2D eigenvalue weighted by molar-refractivity contribution is -0.125. The number of aromatic hydroxyl groups is 2. The number of ether oxygens (including phenoxy) is 5. The third-order valence-electron chi connectivity index (χ3n) is 6.60. The minimum absolute atomic E-state index is 0.0165. The second kappa shape index (κ2) is 7.36. The van der Waals surface area contributed by atoms with Gasteiger partial charge in [0.05, 0.1) is 22.3 Å². The van der Waals surface area contributed by atoms with Crippen molar-refractivity contribution in [3.8, 4) is 28.7 Å². The first-order valence-corrected chi connectivity index (χ1v) is 11.2. The number of aliphatic hydroxyl groups is 1. The molecule has 0 amide bonds. The predicted octanol–water partition coefficient (Wildman–Crippen LogP) is 3.58. The summed E-state index contributed by atoms with van der Waals surface area (Å²) in [5.74, 6) is -2.46. The van der Waals surface area contributed by atoms with Crippen molar-refractivity contribution in [2.24, 2.45) is 0 Å². The van der Waals surface area contributed by atoms with E-state index in [2.05, 4.69) is 0 Å². The lowest BCUT2D eigenvalue weighted by atomic mass is 9.88. The van der Waals surface area contributed by atoms with Gasteiger partial charge < -0.3 is 39.0 Å². The van der Waals surface area contributed by atoms with E-state index >= 15 is 0 Å². The molecule has 3 heterocycles. The molecule has 3 aliphatic rings. The predicted molar refractivity (Wildman–Crippen MR) is 124 cm³/mol. The number of carbonyl (C=O) groups excluding carboxylic acids is 1. The smallest absolute Gasteiger partial charge is 0.306 e. The fourth-order valence-corrected chi connectivity index (χ4v) is 4.93. The van der Waals surface area contributed by atoms with Gasteiger partial charge in [-0.05, 0) is 52.0 Å². The Morgan fingerprint density at radius 2 is 1.77 bits per heavy atom. The molecule has 0 fully saturated rings. The zero-order valence-electron chi connectivity index (χ0n) is 20.3. The number of rotatable bonds is 4. The van der Waals surface area contributed by atoms with Crippen molar-refractivity contribution in [2.45, 2.75) is 56.9 Å². The van der Waals surface area contributed by atoms with Gasteiger partial charge in [-0.1, -0.05) is 0 Å². The molecule has 0 saturated heterocycles. The summed E-state index contributed by atoms with van der Waals surface area (Å²) < 4.78 is 30.1. The molecule has 3 atom stereocenters. The number of hydrogen-bond donors (Lipinski definition) is 3. The number of ketones is 1. The van der Waals surface area contributed by atoms with Crippen LogP contribution >= 0.6 is 0 Å². The van der Waals surface area contributed by atoms with Crippen molar-refractivity contribution in [3.63, 3.8) is 0 Å². The molecular formula is C26H28O9. The third-order valence-corrected chi connectivity index (χ3v) is 6.60. The standard InChI is InChI=1S/C26H28O9/c1-24(2)10-9-13-18(34-24)16-20(33-23(21(16)31-5)25(3,4)30)17-19(13)35-26(32-6,22(17)29)14-8-7-12(27)11-15(14)28/h7-11,21,23,27-28,30H,1-6H3/t21-,23+,26+/m1/s1. The van der Waals surface area contributed by atoms with Crippen LogP contribution in [-0.4, -0.2) is 52.6 Å². The topological polar surface area (TPSA) is 124 Å². The molecule has 9 nitrogen and oxygen atoms in total. The zero-order chi connectivity index (χ0) is 25.5. The Morgan fingerprint density at radius 3 is 2.37 bits per heavy atom. The van der Waals surface area contributed by atoms with E-state index in [1.165, 1.54) is 26.4 Å². The summed E-state index contributed by atoms with van der Waals surface area (Å²) in [6.45, 7) is 6.96. The van der Waals surface area contributed by atoms with Crippen molar-refractivity contribution in [2.75, 3.05) is 14.2 Å². The van der Waals surface area contributed by atoms with Crippen LogP contribution in [0.3, 0.4) is 0 Å². The van der Waals surface area contributed by atoms with Crippen LogP contribution in [-0.2, 0) is 15.3 Å². The van der Waals surface area contributed by atoms with Crippen LogP contribution in [0.4, 0.5) is 0 Å². The molecule has 2 aromatic carbocycles. The van der Waals surface area contributed by atoms with Gasteiger partial charge in [0.25, 0.3) is 0 Å². The SMILES string of the molecule is CO[C@@H]1c2c3c(c4c(c2O[C@@H]1C(C)(C)O)C(=O)[C@](OC)(c1ccc(O)cc1O)O4)C=CC(C)(C)O3. The van der Waals surface area contributed by atoms with Crippen LogP contribution < -0.4 is 14.2 Å². The van der Waals surface area contributed by atoms with Gasteiger partial charge in [-0.2, -0.15) is 0 Å². The Labute approximate surface area is 202 Å². The number of carbonyl (C=O) groups is 1. The quantitative estimate of drug-likeness (QED) is 0.597. The lowest BCUT2D eigenvalue weighted by Gasteiger charge is -2.32. The largest absolute Gasteiger partial charge is 0.508 e. The van der Waals surface area contributed by atoms with Gasteiger partial charge in [-0.25, -0.2) is 0 Å². The van der Waals surface area contributed by atoms with Gasteiger partial charge >= 0.3 is 5.79 Å². The average Bonchev–Trinajstić information content (AvgIpc) is 3.29. The molecule has 186 valence electrons. The van der Waals surface area contributed by atoms with Crippen molar-refractivity contribution < 1.29 is 43.8 Å². The molecule has 0 spiro atoms.